The molecule has 0 aromatic heterocycles. The average Bonchev–Trinajstić information content (AvgIpc) is 3.04. The van der Waals surface area contributed by atoms with Crippen molar-refractivity contribution >= 4 is 0 Å². The van der Waals surface area contributed by atoms with Crippen LogP contribution >= 0.6 is 0 Å². The lowest BCUT2D eigenvalue weighted by Crippen LogP contribution is -2.47. The standard InChI is InChI=1S/C23H36.C2H6.CH5N/c1-5-8-18-11-13-20-19-12-10-17-9-6-7-14-22(17,3)21(19)15-16(2)23(18,20)4;2*1-2/h15,17-20H,2,5-14H2,1,3-4H3;1-2H3;2H2,1H3. The minimum absolute atomic E-state index is 0.405. The van der Waals surface area contributed by atoms with E-state index in [0.29, 0.717) is 10.8 Å². The van der Waals surface area contributed by atoms with Crippen LogP contribution in [0.5, 0.6) is 0 Å². The van der Waals surface area contributed by atoms with Crippen molar-refractivity contribution < 1.29 is 0 Å². The van der Waals surface area contributed by atoms with E-state index >= 15 is 0 Å². The molecular formula is C26H47N. The van der Waals surface area contributed by atoms with Gasteiger partial charge in [0.2, 0.25) is 0 Å². The molecule has 3 fully saturated rings. The SMILES string of the molecule is C=C1C=C2C(CCC3CCCCC23C)C2CCC(CCC)C12C.CC.CN. The van der Waals surface area contributed by atoms with Crippen LogP contribution in [0.3, 0.4) is 0 Å². The van der Waals surface area contributed by atoms with Gasteiger partial charge in [-0.15, -0.1) is 0 Å². The van der Waals surface area contributed by atoms with Crippen LogP contribution in [-0.4, -0.2) is 7.05 Å². The molecule has 4 aliphatic rings. The fourth-order valence-electron chi connectivity index (χ4n) is 7.44. The summed E-state index contributed by atoms with van der Waals surface area (Å²) >= 11 is 0. The monoisotopic (exact) mass is 373 g/mol. The van der Waals surface area contributed by atoms with Crippen molar-refractivity contribution in [2.45, 2.75) is 98.8 Å². The lowest BCUT2D eigenvalue weighted by molar-refractivity contribution is 0.0477. The molecule has 0 aromatic carbocycles. The highest BCUT2D eigenvalue weighted by molar-refractivity contribution is 5.41. The summed E-state index contributed by atoms with van der Waals surface area (Å²) in [4.78, 5) is 0. The van der Waals surface area contributed by atoms with Gasteiger partial charge in [-0.05, 0) is 92.1 Å². The third kappa shape index (κ3) is 3.59. The van der Waals surface area contributed by atoms with Crippen LogP contribution in [0, 0.1) is 34.5 Å². The molecule has 27 heavy (non-hydrogen) atoms. The summed E-state index contributed by atoms with van der Waals surface area (Å²) in [5.41, 5.74) is 8.76. The normalized spacial score (nSPS) is 42.3. The Kier molecular flexibility index (Phi) is 7.82. The highest BCUT2D eigenvalue weighted by Crippen LogP contribution is 2.66. The minimum atomic E-state index is 0.405. The molecule has 1 nitrogen and oxygen atoms in total. The molecule has 2 N–H and O–H groups in total. The minimum Gasteiger partial charge on any atom is -0.333 e. The Bertz CT molecular complexity index is 532. The number of fused-ring (bicyclic) bond motifs is 5. The quantitative estimate of drug-likeness (QED) is 0.532. The van der Waals surface area contributed by atoms with Crippen LogP contribution in [0.2, 0.25) is 0 Å². The first-order chi connectivity index (χ1) is 13.0. The van der Waals surface area contributed by atoms with Crippen molar-refractivity contribution in [2.75, 3.05) is 7.05 Å². The van der Waals surface area contributed by atoms with Crippen LogP contribution in [0.15, 0.2) is 23.8 Å². The highest BCUT2D eigenvalue weighted by Gasteiger charge is 2.57. The molecular weight excluding hydrogens is 326 g/mol. The summed E-state index contributed by atoms with van der Waals surface area (Å²) in [6, 6.07) is 0. The highest BCUT2D eigenvalue weighted by atomic mass is 14.6. The number of hydrogen-bond donors (Lipinski definition) is 1. The maximum Gasteiger partial charge on any atom is -0.00190 e. The first-order valence-electron chi connectivity index (χ1n) is 12.0. The maximum absolute atomic E-state index is 4.64. The van der Waals surface area contributed by atoms with Gasteiger partial charge in [0.05, 0.1) is 0 Å². The summed E-state index contributed by atoms with van der Waals surface area (Å²) < 4.78 is 0. The summed E-state index contributed by atoms with van der Waals surface area (Å²) in [7, 11) is 1.50. The van der Waals surface area contributed by atoms with Crippen molar-refractivity contribution in [2.24, 2.45) is 40.2 Å². The number of rotatable bonds is 2. The van der Waals surface area contributed by atoms with Gasteiger partial charge in [0.25, 0.3) is 0 Å². The van der Waals surface area contributed by atoms with Crippen molar-refractivity contribution in [3.05, 3.63) is 23.8 Å². The molecule has 0 aromatic rings. The van der Waals surface area contributed by atoms with Crippen LogP contribution in [0.1, 0.15) is 98.8 Å². The summed E-state index contributed by atoms with van der Waals surface area (Å²) in [6.07, 6.45) is 17.1. The lowest BCUT2D eigenvalue weighted by atomic mass is 9.48. The molecule has 6 unspecified atom stereocenters. The Morgan fingerprint density at radius 1 is 1.04 bits per heavy atom. The van der Waals surface area contributed by atoms with E-state index in [0.717, 1.165) is 23.7 Å². The van der Waals surface area contributed by atoms with Crippen LogP contribution in [0.4, 0.5) is 0 Å². The van der Waals surface area contributed by atoms with E-state index in [-0.39, 0.29) is 0 Å². The van der Waals surface area contributed by atoms with E-state index in [4.69, 9.17) is 0 Å². The van der Waals surface area contributed by atoms with Crippen molar-refractivity contribution in [3.63, 3.8) is 0 Å². The van der Waals surface area contributed by atoms with Gasteiger partial charge in [-0.3, -0.25) is 0 Å². The molecule has 4 aliphatic carbocycles. The average molecular weight is 374 g/mol. The van der Waals surface area contributed by atoms with Crippen molar-refractivity contribution in [1.29, 1.82) is 0 Å². The number of nitrogens with two attached hydrogens (primary N) is 1. The van der Waals surface area contributed by atoms with Crippen LogP contribution in [-0.2, 0) is 0 Å². The van der Waals surface area contributed by atoms with Crippen LogP contribution < -0.4 is 5.73 Å². The molecule has 1 heteroatoms. The molecule has 0 saturated heterocycles. The number of allylic oxidation sites excluding steroid dienone is 3. The second-order valence-electron chi connectivity index (χ2n) is 9.62. The zero-order valence-electron chi connectivity index (χ0n) is 19.2. The second-order valence-corrected chi connectivity index (χ2v) is 9.62. The Labute approximate surface area is 170 Å². The smallest absolute Gasteiger partial charge is 0.00190 e. The van der Waals surface area contributed by atoms with Crippen LogP contribution in [0.25, 0.3) is 0 Å². The van der Waals surface area contributed by atoms with Gasteiger partial charge in [0.15, 0.2) is 0 Å². The van der Waals surface area contributed by atoms with Gasteiger partial charge in [0, 0.05) is 0 Å². The second kappa shape index (κ2) is 9.29. The van der Waals surface area contributed by atoms with Gasteiger partial charge < -0.3 is 5.73 Å². The summed E-state index contributed by atoms with van der Waals surface area (Å²) in [5.74, 6) is 3.63. The Hall–Kier alpha value is -0.560. The van der Waals surface area contributed by atoms with E-state index in [1.807, 2.05) is 19.4 Å². The van der Waals surface area contributed by atoms with Gasteiger partial charge in [-0.2, -0.15) is 0 Å². The Morgan fingerprint density at radius 2 is 1.74 bits per heavy atom. The summed E-state index contributed by atoms with van der Waals surface area (Å²) in [6.45, 7) is 16.2. The fourth-order valence-corrected chi connectivity index (χ4v) is 7.44. The fraction of sp³-hybridized carbons (Fsp3) is 0.846. The third-order valence-electron chi connectivity index (χ3n) is 8.87. The molecule has 3 saturated carbocycles. The van der Waals surface area contributed by atoms with E-state index in [1.54, 1.807) is 0 Å². The zero-order chi connectivity index (χ0) is 20.2. The first kappa shape index (κ1) is 22.7. The topological polar surface area (TPSA) is 26.0 Å². The Morgan fingerprint density at radius 3 is 2.41 bits per heavy atom. The number of hydrogen-bond acceptors (Lipinski definition) is 1. The molecule has 4 rings (SSSR count). The molecule has 0 spiro atoms. The molecule has 0 aliphatic heterocycles. The maximum atomic E-state index is 4.64. The lowest BCUT2D eigenvalue weighted by Gasteiger charge is -2.56. The largest absolute Gasteiger partial charge is 0.333 e. The molecule has 0 heterocycles. The third-order valence-corrected chi connectivity index (χ3v) is 8.87. The molecule has 156 valence electrons. The van der Waals surface area contributed by atoms with Crippen molar-refractivity contribution in [3.8, 4) is 0 Å². The predicted octanol–water partition coefficient (Wildman–Crippen LogP) is 7.52. The van der Waals surface area contributed by atoms with Gasteiger partial charge in [-0.25, -0.2) is 0 Å². The predicted molar refractivity (Wildman–Crippen MR) is 121 cm³/mol. The zero-order valence-corrected chi connectivity index (χ0v) is 19.2. The van der Waals surface area contributed by atoms with E-state index in [2.05, 4.69) is 39.2 Å². The Balaban J connectivity index is 0.000000614. The van der Waals surface area contributed by atoms with E-state index in [1.165, 1.54) is 76.8 Å². The van der Waals surface area contributed by atoms with E-state index < -0.39 is 0 Å². The molecule has 0 bridgehead atoms. The molecule has 0 amide bonds. The molecule has 0 radical (unpaired) electrons. The van der Waals surface area contributed by atoms with Gasteiger partial charge >= 0.3 is 0 Å². The van der Waals surface area contributed by atoms with Gasteiger partial charge in [0.1, 0.15) is 0 Å². The first-order valence-corrected chi connectivity index (χ1v) is 12.0. The van der Waals surface area contributed by atoms with Crippen molar-refractivity contribution in [1.82, 2.24) is 0 Å². The molecule has 6 atom stereocenters. The summed E-state index contributed by atoms with van der Waals surface area (Å²) in [5, 5.41) is 0. The van der Waals surface area contributed by atoms with Gasteiger partial charge in [-0.1, -0.05) is 72.1 Å². The van der Waals surface area contributed by atoms with E-state index in [9.17, 15) is 0 Å².